The lowest BCUT2D eigenvalue weighted by molar-refractivity contribution is -0.673. The average Bonchev–Trinajstić information content (AvgIpc) is 2.55. The van der Waals surface area contributed by atoms with Gasteiger partial charge >= 0.3 is 0 Å². The van der Waals surface area contributed by atoms with Crippen molar-refractivity contribution in [2.75, 3.05) is 0 Å². The van der Waals surface area contributed by atoms with Gasteiger partial charge < -0.3 is 5.11 Å². The number of phenols is 1. The highest BCUT2D eigenvalue weighted by Gasteiger charge is 2.06. The summed E-state index contributed by atoms with van der Waals surface area (Å²) < 4.78 is 2.12. The van der Waals surface area contributed by atoms with E-state index in [0.29, 0.717) is 5.52 Å². The van der Waals surface area contributed by atoms with Crippen molar-refractivity contribution in [1.82, 2.24) is 4.98 Å². The van der Waals surface area contributed by atoms with E-state index in [2.05, 4.69) is 54.0 Å². The quantitative estimate of drug-likeness (QED) is 0.750. The topological polar surface area (TPSA) is 37.0 Å². The summed E-state index contributed by atoms with van der Waals surface area (Å²) in [5.74, 6) is 0.214. The van der Waals surface area contributed by atoms with Crippen LogP contribution in [0.4, 0.5) is 0 Å². The molecule has 0 saturated carbocycles. The monoisotopic (exact) mass is 291 g/mol. The van der Waals surface area contributed by atoms with Crippen molar-refractivity contribution in [1.29, 1.82) is 0 Å². The van der Waals surface area contributed by atoms with Crippen molar-refractivity contribution >= 4 is 23.1 Å². The number of aryl methyl sites for hydroxylation is 2. The second-order valence-corrected chi connectivity index (χ2v) is 5.33. The van der Waals surface area contributed by atoms with Gasteiger partial charge in [0.1, 0.15) is 18.3 Å². The van der Waals surface area contributed by atoms with Crippen molar-refractivity contribution in [3.63, 3.8) is 0 Å². The second-order valence-electron chi connectivity index (χ2n) is 5.33. The Balaban J connectivity index is 2.01. The first-order valence-corrected chi connectivity index (χ1v) is 7.42. The van der Waals surface area contributed by atoms with Gasteiger partial charge in [-0.1, -0.05) is 19.1 Å². The number of hydrogen-bond acceptors (Lipinski definition) is 2. The third-order valence-corrected chi connectivity index (χ3v) is 3.86. The van der Waals surface area contributed by atoms with E-state index in [-0.39, 0.29) is 5.75 Å². The van der Waals surface area contributed by atoms with Crippen molar-refractivity contribution in [3.05, 3.63) is 65.6 Å². The third-order valence-electron chi connectivity index (χ3n) is 3.86. The van der Waals surface area contributed by atoms with Crippen LogP contribution in [-0.2, 0) is 13.5 Å². The fourth-order valence-electron chi connectivity index (χ4n) is 2.56. The lowest BCUT2D eigenvalue weighted by atomic mass is 10.1. The van der Waals surface area contributed by atoms with Gasteiger partial charge in [-0.05, 0) is 36.3 Å². The molecule has 1 N–H and O–H groups in total. The minimum Gasteiger partial charge on any atom is -0.506 e. The smallest absolute Gasteiger partial charge is 0.204 e. The Morgan fingerprint density at radius 1 is 1.14 bits per heavy atom. The van der Waals surface area contributed by atoms with Crippen LogP contribution in [0, 0.1) is 0 Å². The standard InChI is InChI=1S/C19H18N2O/c1-3-14-6-9-16(21(2)13-14)10-7-15-8-11-18(22)19-17(15)5-4-12-20-19/h4-13H,3H2,1-2H3/p+1. The molecule has 2 heterocycles. The molecule has 0 bridgehead atoms. The highest BCUT2D eigenvalue weighted by atomic mass is 16.3. The number of phenolic OH excluding ortho intramolecular Hbond substituents is 1. The Morgan fingerprint density at radius 3 is 2.77 bits per heavy atom. The molecular formula is C19H19N2O+. The van der Waals surface area contributed by atoms with Crippen LogP contribution in [0.25, 0.3) is 23.1 Å². The lowest BCUT2D eigenvalue weighted by Crippen LogP contribution is -2.31. The molecule has 2 aromatic heterocycles. The summed E-state index contributed by atoms with van der Waals surface area (Å²) in [5, 5.41) is 10.8. The number of benzene rings is 1. The van der Waals surface area contributed by atoms with Crippen molar-refractivity contribution < 1.29 is 9.67 Å². The first-order valence-electron chi connectivity index (χ1n) is 7.42. The summed E-state index contributed by atoms with van der Waals surface area (Å²) in [6, 6.07) is 11.7. The Labute approximate surface area is 130 Å². The zero-order valence-corrected chi connectivity index (χ0v) is 12.8. The number of hydrogen-bond donors (Lipinski definition) is 1. The first-order chi connectivity index (χ1) is 10.7. The number of pyridine rings is 2. The summed E-state index contributed by atoms with van der Waals surface area (Å²) in [6.07, 6.45) is 9.02. The minimum absolute atomic E-state index is 0.214. The number of rotatable bonds is 3. The third kappa shape index (κ3) is 2.70. The maximum Gasteiger partial charge on any atom is 0.204 e. The molecule has 0 aliphatic carbocycles. The Morgan fingerprint density at radius 2 is 2.00 bits per heavy atom. The van der Waals surface area contributed by atoms with Gasteiger partial charge in [-0.15, -0.1) is 0 Å². The number of nitrogens with zero attached hydrogens (tertiary/aromatic N) is 2. The normalized spacial score (nSPS) is 11.4. The molecule has 3 heteroatoms. The van der Waals surface area contributed by atoms with Crippen LogP contribution >= 0.6 is 0 Å². The van der Waals surface area contributed by atoms with E-state index in [1.54, 1.807) is 12.3 Å². The molecule has 22 heavy (non-hydrogen) atoms. The summed E-state index contributed by atoms with van der Waals surface area (Å²) >= 11 is 0. The van der Waals surface area contributed by atoms with Gasteiger partial charge in [0.15, 0.2) is 6.20 Å². The van der Waals surface area contributed by atoms with Crippen LogP contribution in [0.5, 0.6) is 5.75 Å². The fourth-order valence-corrected chi connectivity index (χ4v) is 2.56. The molecule has 0 fully saturated rings. The number of fused-ring (bicyclic) bond motifs is 1. The summed E-state index contributed by atoms with van der Waals surface area (Å²) in [5.41, 5.74) is 4.12. The second kappa shape index (κ2) is 5.98. The molecule has 1 aromatic carbocycles. The predicted molar refractivity (Wildman–Crippen MR) is 89.3 cm³/mol. The van der Waals surface area contributed by atoms with Gasteiger partial charge in [0.25, 0.3) is 0 Å². The van der Waals surface area contributed by atoms with Gasteiger partial charge in [0.2, 0.25) is 5.69 Å². The SMILES string of the molecule is CCc1ccc(C=Cc2ccc(O)c3ncccc23)[n+](C)c1. The van der Waals surface area contributed by atoms with E-state index in [1.165, 1.54) is 5.56 Å². The van der Waals surface area contributed by atoms with Gasteiger partial charge in [-0.2, -0.15) is 0 Å². The molecule has 3 aromatic rings. The van der Waals surface area contributed by atoms with E-state index in [9.17, 15) is 5.11 Å². The van der Waals surface area contributed by atoms with Crippen LogP contribution in [0.3, 0.4) is 0 Å². The largest absolute Gasteiger partial charge is 0.506 e. The van der Waals surface area contributed by atoms with E-state index >= 15 is 0 Å². The zero-order valence-electron chi connectivity index (χ0n) is 12.8. The Hall–Kier alpha value is -2.68. The van der Waals surface area contributed by atoms with E-state index in [1.807, 2.05) is 18.2 Å². The van der Waals surface area contributed by atoms with Gasteiger partial charge in [0, 0.05) is 29.3 Å². The van der Waals surface area contributed by atoms with E-state index in [4.69, 9.17) is 0 Å². The van der Waals surface area contributed by atoms with Crippen molar-refractivity contribution in [2.45, 2.75) is 13.3 Å². The number of aromatic hydroxyl groups is 1. The zero-order chi connectivity index (χ0) is 15.5. The summed E-state index contributed by atoms with van der Waals surface area (Å²) in [6.45, 7) is 2.15. The Kier molecular flexibility index (Phi) is 3.88. The minimum atomic E-state index is 0.214. The molecular weight excluding hydrogens is 272 g/mol. The molecule has 0 atom stereocenters. The van der Waals surface area contributed by atoms with Gasteiger partial charge in [-0.3, -0.25) is 4.98 Å². The van der Waals surface area contributed by atoms with Gasteiger partial charge in [-0.25, -0.2) is 4.57 Å². The molecule has 0 unspecified atom stereocenters. The lowest BCUT2D eigenvalue weighted by Gasteiger charge is -2.03. The maximum absolute atomic E-state index is 9.89. The first kappa shape index (κ1) is 14.3. The van der Waals surface area contributed by atoms with E-state index < -0.39 is 0 Å². The van der Waals surface area contributed by atoms with Crippen LogP contribution in [0.15, 0.2) is 48.8 Å². The van der Waals surface area contributed by atoms with Crippen LogP contribution in [0.2, 0.25) is 0 Å². The van der Waals surface area contributed by atoms with Crippen LogP contribution in [-0.4, -0.2) is 10.1 Å². The molecule has 3 nitrogen and oxygen atoms in total. The van der Waals surface area contributed by atoms with Crippen LogP contribution < -0.4 is 4.57 Å². The molecule has 0 radical (unpaired) electrons. The van der Waals surface area contributed by atoms with Crippen molar-refractivity contribution in [3.8, 4) is 5.75 Å². The van der Waals surface area contributed by atoms with E-state index in [0.717, 1.165) is 23.1 Å². The summed E-state index contributed by atoms with van der Waals surface area (Å²) in [4.78, 5) is 4.25. The highest BCUT2D eigenvalue weighted by Crippen LogP contribution is 2.26. The fraction of sp³-hybridized carbons (Fsp3) is 0.158. The van der Waals surface area contributed by atoms with Gasteiger partial charge in [0.05, 0.1) is 0 Å². The van der Waals surface area contributed by atoms with Crippen molar-refractivity contribution in [2.24, 2.45) is 7.05 Å². The Bertz CT molecular complexity index is 853. The predicted octanol–water partition coefficient (Wildman–Crippen LogP) is 3.50. The van der Waals surface area contributed by atoms with Crippen LogP contribution in [0.1, 0.15) is 23.7 Å². The number of aromatic nitrogens is 2. The summed E-state index contributed by atoms with van der Waals surface area (Å²) in [7, 11) is 2.05. The molecule has 0 aliphatic heterocycles. The average molecular weight is 291 g/mol. The maximum atomic E-state index is 9.89. The molecule has 0 aliphatic rings. The highest BCUT2D eigenvalue weighted by molar-refractivity contribution is 5.93. The molecule has 0 amide bonds. The molecule has 0 saturated heterocycles. The molecule has 0 spiro atoms. The molecule has 3 rings (SSSR count). The molecule has 110 valence electrons.